The van der Waals surface area contributed by atoms with Gasteiger partial charge >= 0.3 is 6.03 Å². The highest BCUT2D eigenvalue weighted by molar-refractivity contribution is 6.31. The SMILES string of the molecule is COc1nc2ccc(Cl)cc2nc1NC(=O)N1CCN(c2ccc(F)cc2)CC1. The zero-order valence-electron chi connectivity index (χ0n) is 15.7. The Bertz CT molecular complexity index is 1040. The van der Waals surface area contributed by atoms with Crippen molar-refractivity contribution in [3.63, 3.8) is 0 Å². The fourth-order valence-electron chi connectivity index (χ4n) is 3.24. The third kappa shape index (κ3) is 4.17. The Morgan fingerprint density at radius 2 is 1.79 bits per heavy atom. The predicted molar refractivity (Wildman–Crippen MR) is 110 cm³/mol. The Labute approximate surface area is 172 Å². The number of nitrogens with one attached hydrogen (secondary N) is 1. The number of benzene rings is 2. The van der Waals surface area contributed by atoms with Crippen LogP contribution in [0.4, 0.5) is 20.7 Å². The number of aromatic nitrogens is 2. The third-order valence-electron chi connectivity index (χ3n) is 4.77. The van der Waals surface area contributed by atoms with Gasteiger partial charge in [-0.25, -0.2) is 19.2 Å². The van der Waals surface area contributed by atoms with Gasteiger partial charge in [0.2, 0.25) is 0 Å². The summed E-state index contributed by atoms with van der Waals surface area (Å²) in [4.78, 5) is 25.3. The van der Waals surface area contributed by atoms with Crippen molar-refractivity contribution in [3.8, 4) is 5.88 Å². The molecule has 150 valence electrons. The number of hydrogen-bond donors (Lipinski definition) is 1. The lowest BCUT2D eigenvalue weighted by atomic mass is 10.2. The van der Waals surface area contributed by atoms with Crippen LogP contribution in [-0.4, -0.2) is 54.2 Å². The summed E-state index contributed by atoms with van der Waals surface area (Å²) in [7, 11) is 1.48. The maximum absolute atomic E-state index is 13.1. The molecule has 2 amide bonds. The van der Waals surface area contributed by atoms with Crippen LogP contribution in [0.2, 0.25) is 5.02 Å². The summed E-state index contributed by atoms with van der Waals surface area (Å²) in [6, 6.07) is 11.2. The third-order valence-corrected chi connectivity index (χ3v) is 5.01. The highest BCUT2D eigenvalue weighted by Gasteiger charge is 2.23. The van der Waals surface area contributed by atoms with Crippen molar-refractivity contribution in [1.29, 1.82) is 0 Å². The number of hydrogen-bond acceptors (Lipinski definition) is 5. The number of ether oxygens (including phenoxy) is 1. The molecule has 0 radical (unpaired) electrons. The van der Waals surface area contributed by atoms with E-state index in [0.29, 0.717) is 42.2 Å². The van der Waals surface area contributed by atoms with Crippen molar-refractivity contribution in [2.24, 2.45) is 0 Å². The molecule has 0 atom stereocenters. The first kappa shape index (κ1) is 19.2. The number of halogens is 2. The van der Waals surface area contributed by atoms with Crippen LogP contribution in [-0.2, 0) is 0 Å². The molecule has 0 saturated carbocycles. The van der Waals surface area contributed by atoms with Gasteiger partial charge in [-0.1, -0.05) is 11.6 Å². The molecule has 2 heterocycles. The molecule has 0 bridgehead atoms. The van der Waals surface area contributed by atoms with E-state index in [1.165, 1.54) is 19.2 Å². The van der Waals surface area contributed by atoms with Crippen LogP contribution in [0.1, 0.15) is 0 Å². The molecule has 3 aromatic rings. The summed E-state index contributed by atoms with van der Waals surface area (Å²) in [5.74, 6) is 0.213. The quantitative estimate of drug-likeness (QED) is 0.704. The van der Waals surface area contributed by atoms with Crippen LogP contribution in [0.25, 0.3) is 11.0 Å². The van der Waals surface area contributed by atoms with Gasteiger partial charge in [0.15, 0.2) is 5.82 Å². The lowest BCUT2D eigenvalue weighted by Gasteiger charge is -2.36. The van der Waals surface area contributed by atoms with E-state index in [-0.39, 0.29) is 23.5 Å². The molecule has 1 aliphatic heterocycles. The number of anilines is 2. The van der Waals surface area contributed by atoms with Gasteiger partial charge in [0.05, 0.1) is 18.1 Å². The largest absolute Gasteiger partial charge is 0.478 e. The first-order valence-corrected chi connectivity index (χ1v) is 9.49. The van der Waals surface area contributed by atoms with Gasteiger partial charge in [-0.3, -0.25) is 5.32 Å². The molecule has 7 nitrogen and oxygen atoms in total. The summed E-state index contributed by atoms with van der Waals surface area (Å²) >= 11 is 6.02. The number of fused-ring (bicyclic) bond motifs is 1. The van der Waals surface area contributed by atoms with Crippen LogP contribution in [0.15, 0.2) is 42.5 Å². The second kappa shape index (κ2) is 8.08. The zero-order valence-corrected chi connectivity index (χ0v) is 16.5. The molecule has 1 fully saturated rings. The first-order chi connectivity index (χ1) is 14.0. The predicted octanol–water partition coefficient (Wildman–Crippen LogP) is 3.79. The summed E-state index contributed by atoms with van der Waals surface area (Å²) in [5, 5.41) is 3.32. The first-order valence-electron chi connectivity index (χ1n) is 9.11. The molecule has 2 aromatic carbocycles. The number of methoxy groups -OCH3 is 1. The van der Waals surface area contributed by atoms with Crippen molar-refractivity contribution < 1.29 is 13.9 Å². The van der Waals surface area contributed by atoms with E-state index >= 15 is 0 Å². The normalized spacial score (nSPS) is 14.2. The van der Waals surface area contributed by atoms with Gasteiger partial charge in [-0.2, -0.15) is 0 Å². The van der Waals surface area contributed by atoms with Crippen molar-refractivity contribution >= 4 is 40.2 Å². The maximum Gasteiger partial charge on any atom is 0.323 e. The molecule has 29 heavy (non-hydrogen) atoms. The second-order valence-corrected chi connectivity index (χ2v) is 7.03. The molecule has 9 heteroatoms. The minimum Gasteiger partial charge on any atom is -0.478 e. The number of carbonyl (C=O) groups excluding carboxylic acids is 1. The molecule has 4 rings (SSSR count). The highest BCUT2D eigenvalue weighted by atomic mass is 35.5. The van der Waals surface area contributed by atoms with Crippen molar-refractivity contribution in [2.75, 3.05) is 43.5 Å². The van der Waals surface area contributed by atoms with Gasteiger partial charge in [0.1, 0.15) is 5.82 Å². The van der Waals surface area contributed by atoms with Crippen molar-refractivity contribution in [2.45, 2.75) is 0 Å². The average Bonchev–Trinajstić information content (AvgIpc) is 2.74. The number of urea groups is 1. The lowest BCUT2D eigenvalue weighted by molar-refractivity contribution is 0.208. The summed E-state index contributed by atoms with van der Waals surface area (Å²) in [6.07, 6.45) is 0. The minimum absolute atomic E-state index is 0.234. The Morgan fingerprint density at radius 3 is 2.48 bits per heavy atom. The van der Waals surface area contributed by atoms with Gasteiger partial charge in [0, 0.05) is 36.9 Å². The topological polar surface area (TPSA) is 70.6 Å². The lowest BCUT2D eigenvalue weighted by Crippen LogP contribution is -2.50. The minimum atomic E-state index is -0.280. The summed E-state index contributed by atoms with van der Waals surface area (Å²) < 4.78 is 18.4. The molecule has 0 aliphatic carbocycles. The van der Waals surface area contributed by atoms with E-state index < -0.39 is 0 Å². The Balaban J connectivity index is 1.45. The van der Waals surface area contributed by atoms with E-state index in [1.807, 2.05) is 0 Å². The standard InChI is InChI=1S/C20H19ClFN5O2/c1-29-19-18(23-17-12-13(21)2-7-16(17)24-19)25-20(28)27-10-8-26(9-11-27)15-5-3-14(22)4-6-15/h2-7,12H,8-11H2,1H3,(H,23,25,28). The van der Waals surface area contributed by atoms with E-state index in [9.17, 15) is 9.18 Å². The molecule has 1 saturated heterocycles. The monoisotopic (exact) mass is 415 g/mol. The van der Waals surface area contributed by atoms with Gasteiger partial charge in [0.25, 0.3) is 5.88 Å². The number of carbonyl (C=O) groups is 1. The summed E-state index contributed by atoms with van der Waals surface area (Å²) in [6.45, 7) is 2.35. The second-order valence-electron chi connectivity index (χ2n) is 6.60. The van der Waals surface area contributed by atoms with Gasteiger partial charge in [-0.15, -0.1) is 0 Å². The fourth-order valence-corrected chi connectivity index (χ4v) is 3.40. The molecular formula is C20H19ClFN5O2. The molecule has 1 aromatic heterocycles. The Kier molecular flexibility index (Phi) is 5.35. The molecule has 1 N–H and O–H groups in total. The van der Waals surface area contributed by atoms with Crippen LogP contribution in [0, 0.1) is 5.82 Å². The van der Waals surface area contributed by atoms with Crippen LogP contribution >= 0.6 is 11.6 Å². The Morgan fingerprint density at radius 1 is 1.07 bits per heavy atom. The summed E-state index contributed by atoms with van der Waals surface area (Å²) in [5.41, 5.74) is 2.12. The number of piperazine rings is 1. The van der Waals surface area contributed by atoms with E-state index in [1.54, 1.807) is 35.2 Å². The number of rotatable bonds is 3. The van der Waals surface area contributed by atoms with E-state index in [4.69, 9.17) is 16.3 Å². The number of amides is 2. The molecular weight excluding hydrogens is 397 g/mol. The maximum atomic E-state index is 13.1. The van der Waals surface area contributed by atoms with Crippen molar-refractivity contribution in [1.82, 2.24) is 14.9 Å². The van der Waals surface area contributed by atoms with Crippen LogP contribution in [0.3, 0.4) is 0 Å². The Hall–Kier alpha value is -3.13. The zero-order chi connectivity index (χ0) is 20.4. The molecule has 1 aliphatic rings. The van der Waals surface area contributed by atoms with Gasteiger partial charge < -0.3 is 14.5 Å². The smallest absolute Gasteiger partial charge is 0.323 e. The van der Waals surface area contributed by atoms with E-state index in [0.717, 1.165) is 5.69 Å². The van der Waals surface area contributed by atoms with Crippen LogP contribution < -0.4 is 15.0 Å². The van der Waals surface area contributed by atoms with Crippen LogP contribution in [0.5, 0.6) is 5.88 Å². The fraction of sp³-hybridized carbons (Fsp3) is 0.250. The highest BCUT2D eigenvalue weighted by Crippen LogP contribution is 2.25. The van der Waals surface area contributed by atoms with Gasteiger partial charge in [-0.05, 0) is 42.5 Å². The van der Waals surface area contributed by atoms with Crippen molar-refractivity contribution in [3.05, 3.63) is 53.3 Å². The number of nitrogens with zero attached hydrogens (tertiary/aromatic N) is 4. The average molecular weight is 416 g/mol. The molecule has 0 spiro atoms. The molecule has 0 unspecified atom stereocenters. The van der Waals surface area contributed by atoms with E-state index in [2.05, 4.69) is 20.2 Å².